The van der Waals surface area contributed by atoms with E-state index >= 15 is 0 Å². The molecule has 0 aliphatic rings. The predicted molar refractivity (Wildman–Crippen MR) is 68.3 cm³/mol. The van der Waals surface area contributed by atoms with Crippen LogP contribution in [0.1, 0.15) is 29.8 Å². The first kappa shape index (κ1) is 15.5. The molecule has 0 radical (unpaired) electrons. The maximum atomic E-state index is 12.6. The predicted octanol–water partition coefficient (Wildman–Crippen LogP) is 4.96. The van der Waals surface area contributed by atoms with Crippen molar-refractivity contribution in [2.75, 3.05) is 0 Å². The highest BCUT2D eigenvalue weighted by Crippen LogP contribution is 2.35. The van der Waals surface area contributed by atoms with Crippen molar-refractivity contribution in [3.8, 4) is 0 Å². The smallest absolute Gasteiger partial charge is 0.293 e. The Hall–Kier alpha value is -0.550. The summed E-state index contributed by atoms with van der Waals surface area (Å²) in [6.07, 6.45) is -4.56. The highest BCUT2D eigenvalue weighted by atomic mass is 79.9. The van der Waals surface area contributed by atoms with Gasteiger partial charge in [0.25, 0.3) is 0 Å². The zero-order valence-electron chi connectivity index (χ0n) is 9.68. The van der Waals surface area contributed by atoms with Crippen LogP contribution in [0.15, 0.2) is 18.2 Å². The van der Waals surface area contributed by atoms with E-state index in [1.807, 2.05) is 0 Å². The second-order valence-electron chi connectivity index (χ2n) is 4.20. The minimum absolute atomic E-state index is 0.00213. The Morgan fingerprint density at radius 3 is 2.33 bits per heavy atom. The largest absolute Gasteiger partial charge is 0.417 e. The van der Waals surface area contributed by atoms with Crippen LogP contribution in [-0.4, -0.2) is 10.6 Å². The van der Waals surface area contributed by atoms with E-state index in [9.17, 15) is 18.0 Å². The number of carbonyl (C=O) groups is 1. The van der Waals surface area contributed by atoms with E-state index in [1.54, 1.807) is 13.8 Å². The number of halogens is 5. The molecule has 1 aromatic carbocycles. The molecule has 18 heavy (non-hydrogen) atoms. The zero-order valence-corrected chi connectivity index (χ0v) is 12.0. The Labute approximate surface area is 116 Å². The van der Waals surface area contributed by atoms with E-state index in [-0.39, 0.29) is 17.3 Å². The molecule has 1 aromatic rings. The summed E-state index contributed by atoms with van der Waals surface area (Å²) in [5.41, 5.74) is -0.985. The number of hydrogen-bond donors (Lipinski definition) is 0. The van der Waals surface area contributed by atoms with Gasteiger partial charge in [0.05, 0.1) is 15.4 Å². The van der Waals surface area contributed by atoms with Crippen LogP contribution in [0.5, 0.6) is 0 Å². The van der Waals surface area contributed by atoms with Crippen LogP contribution in [0.3, 0.4) is 0 Å². The van der Waals surface area contributed by atoms with Crippen LogP contribution in [0.2, 0.25) is 5.02 Å². The molecule has 0 heterocycles. The van der Waals surface area contributed by atoms with Gasteiger partial charge in [-0.05, 0) is 24.1 Å². The van der Waals surface area contributed by atoms with Gasteiger partial charge in [-0.25, -0.2) is 0 Å². The minimum Gasteiger partial charge on any atom is -0.293 e. The highest BCUT2D eigenvalue weighted by Gasteiger charge is 2.34. The number of alkyl halides is 4. The van der Waals surface area contributed by atoms with Crippen LogP contribution >= 0.6 is 27.5 Å². The molecule has 1 rings (SSSR count). The van der Waals surface area contributed by atoms with Crippen molar-refractivity contribution in [1.82, 2.24) is 0 Å². The molecule has 0 aliphatic heterocycles. The fraction of sp³-hybridized carbons (Fsp3) is 0.417. The fourth-order valence-electron chi connectivity index (χ4n) is 1.36. The zero-order chi connectivity index (χ0) is 14.1. The van der Waals surface area contributed by atoms with Gasteiger partial charge in [0.1, 0.15) is 0 Å². The molecule has 0 bridgehead atoms. The van der Waals surface area contributed by atoms with Crippen molar-refractivity contribution in [2.45, 2.75) is 24.9 Å². The topological polar surface area (TPSA) is 17.1 Å². The summed E-state index contributed by atoms with van der Waals surface area (Å²) in [4.78, 5) is 11.4. The lowest BCUT2D eigenvalue weighted by atomic mass is 9.99. The molecule has 0 N–H and O–H groups in total. The molecule has 0 aromatic heterocycles. The van der Waals surface area contributed by atoms with Crippen LogP contribution in [-0.2, 0) is 6.18 Å². The number of benzene rings is 1. The third kappa shape index (κ3) is 3.48. The number of hydrogen-bond acceptors (Lipinski definition) is 1. The molecule has 0 fully saturated rings. The minimum atomic E-state index is -4.56. The lowest BCUT2D eigenvalue weighted by molar-refractivity contribution is -0.137. The van der Waals surface area contributed by atoms with Crippen LogP contribution < -0.4 is 0 Å². The van der Waals surface area contributed by atoms with E-state index in [0.29, 0.717) is 0 Å². The Morgan fingerprint density at radius 1 is 1.33 bits per heavy atom. The molecule has 0 amide bonds. The van der Waals surface area contributed by atoms with E-state index in [4.69, 9.17) is 11.6 Å². The van der Waals surface area contributed by atoms with E-state index in [2.05, 4.69) is 15.9 Å². The Kier molecular flexibility index (Phi) is 4.84. The fourth-order valence-corrected chi connectivity index (χ4v) is 1.85. The van der Waals surface area contributed by atoms with Crippen LogP contribution in [0, 0.1) is 5.92 Å². The quantitative estimate of drug-likeness (QED) is 0.560. The molecule has 0 spiro atoms. The van der Waals surface area contributed by atoms with Gasteiger partial charge in [0.15, 0.2) is 5.78 Å². The van der Waals surface area contributed by atoms with Gasteiger partial charge < -0.3 is 0 Å². The average molecular weight is 344 g/mol. The van der Waals surface area contributed by atoms with Gasteiger partial charge in [-0.15, -0.1) is 0 Å². The molecule has 100 valence electrons. The van der Waals surface area contributed by atoms with Gasteiger partial charge >= 0.3 is 6.18 Å². The number of Topliss-reactive ketones (excluding diaryl/α,β-unsaturated/α-hetero) is 1. The Bertz CT molecular complexity index is 457. The molecular weight excluding hydrogens is 332 g/mol. The molecule has 0 saturated heterocycles. The monoisotopic (exact) mass is 342 g/mol. The normalized spacial score (nSPS) is 13.8. The van der Waals surface area contributed by atoms with Gasteiger partial charge in [0.2, 0.25) is 0 Å². The van der Waals surface area contributed by atoms with Crippen LogP contribution in [0.25, 0.3) is 0 Å². The van der Waals surface area contributed by atoms with Crippen molar-refractivity contribution in [2.24, 2.45) is 5.92 Å². The van der Waals surface area contributed by atoms with E-state index < -0.39 is 21.6 Å². The second-order valence-corrected chi connectivity index (χ2v) is 5.60. The first-order valence-electron chi connectivity index (χ1n) is 5.19. The molecule has 0 aliphatic carbocycles. The molecule has 0 saturated carbocycles. The van der Waals surface area contributed by atoms with Crippen LogP contribution in [0.4, 0.5) is 13.2 Å². The Morgan fingerprint density at radius 2 is 1.89 bits per heavy atom. The maximum Gasteiger partial charge on any atom is 0.417 e. The summed E-state index contributed by atoms with van der Waals surface area (Å²) >= 11 is 8.66. The van der Waals surface area contributed by atoms with Crippen molar-refractivity contribution in [3.05, 3.63) is 34.3 Å². The summed E-state index contributed by atoms with van der Waals surface area (Å²) in [7, 11) is 0. The summed E-state index contributed by atoms with van der Waals surface area (Å²) < 4.78 is 37.9. The number of carbonyl (C=O) groups excluding carboxylic acids is 1. The first-order chi connectivity index (χ1) is 8.14. The van der Waals surface area contributed by atoms with Gasteiger partial charge in [0, 0.05) is 5.56 Å². The molecular formula is C12H11BrClF3O. The van der Waals surface area contributed by atoms with Crippen molar-refractivity contribution < 1.29 is 18.0 Å². The Balaban J connectivity index is 3.17. The average Bonchev–Trinajstić information content (AvgIpc) is 2.26. The molecule has 1 unspecified atom stereocenters. The maximum absolute atomic E-state index is 12.6. The summed E-state index contributed by atoms with van der Waals surface area (Å²) in [5.74, 6) is -0.394. The van der Waals surface area contributed by atoms with Gasteiger partial charge in [-0.3, -0.25) is 4.79 Å². The summed E-state index contributed by atoms with van der Waals surface area (Å²) in [6.45, 7) is 3.61. The second kappa shape index (κ2) is 5.61. The lowest BCUT2D eigenvalue weighted by Crippen LogP contribution is -2.20. The van der Waals surface area contributed by atoms with Crippen molar-refractivity contribution in [3.63, 3.8) is 0 Å². The van der Waals surface area contributed by atoms with E-state index in [1.165, 1.54) is 6.07 Å². The molecule has 6 heteroatoms. The van der Waals surface area contributed by atoms with Gasteiger partial charge in [-0.1, -0.05) is 41.4 Å². The van der Waals surface area contributed by atoms with Crippen molar-refractivity contribution >= 4 is 33.3 Å². The third-order valence-electron chi connectivity index (χ3n) is 2.39. The standard InChI is InChI=1S/C12H11BrClF3O/c1-6(2)10(13)11(18)7-3-4-9(14)8(5-7)12(15,16)17/h3-6,10H,1-2H3. The van der Waals surface area contributed by atoms with Gasteiger partial charge in [-0.2, -0.15) is 13.2 Å². The van der Waals surface area contributed by atoms with E-state index in [0.717, 1.165) is 12.1 Å². The third-order valence-corrected chi connectivity index (χ3v) is 4.19. The highest BCUT2D eigenvalue weighted by molar-refractivity contribution is 9.10. The first-order valence-corrected chi connectivity index (χ1v) is 6.49. The molecule has 1 atom stereocenters. The summed E-state index contributed by atoms with van der Waals surface area (Å²) in [6, 6.07) is 3.19. The summed E-state index contributed by atoms with van der Waals surface area (Å²) in [5, 5.41) is -0.408. The SMILES string of the molecule is CC(C)C(Br)C(=O)c1ccc(Cl)c(C(F)(F)F)c1. The lowest BCUT2D eigenvalue weighted by Gasteiger charge is -2.14. The number of rotatable bonds is 3. The van der Waals surface area contributed by atoms with Crippen molar-refractivity contribution in [1.29, 1.82) is 0 Å². The number of ketones is 1. The molecule has 1 nitrogen and oxygen atoms in total.